The fraction of sp³-hybridized carbons (Fsp3) is 0.667. The smallest absolute Gasteiger partial charge is 0.303 e. The Labute approximate surface area is 95.9 Å². The van der Waals surface area contributed by atoms with E-state index < -0.39 is 5.97 Å². The molecule has 0 radical (unpaired) electrons. The summed E-state index contributed by atoms with van der Waals surface area (Å²) in [6.45, 7) is 5.26. The highest BCUT2D eigenvalue weighted by molar-refractivity contribution is 5.88. The van der Waals surface area contributed by atoms with Crippen molar-refractivity contribution in [3.63, 3.8) is 0 Å². The van der Waals surface area contributed by atoms with E-state index in [0.29, 0.717) is 18.9 Å². The fourth-order valence-electron chi connectivity index (χ4n) is 1.93. The van der Waals surface area contributed by atoms with Gasteiger partial charge in [-0.25, -0.2) is 0 Å². The van der Waals surface area contributed by atoms with Gasteiger partial charge in [-0.05, 0) is 32.6 Å². The first-order valence-electron chi connectivity index (χ1n) is 5.64. The van der Waals surface area contributed by atoms with Crippen LogP contribution in [0.3, 0.4) is 0 Å². The standard InChI is InChI=1S/C12H19NO3/c1-9(2)7-11(14)13-6-5-10(8-13)3-4-12(15)16/h7,10H,3-6,8H2,1-2H3,(H,15,16). The number of rotatable bonds is 4. The van der Waals surface area contributed by atoms with E-state index in [1.54, 1.807) is 11.0 Å². The summed E-state index contributed by atoms with van der Waals surface area (Å²) in [6, 6.07) is 0. The zero-order valence-electron chi connectivity index (χ0n) is 9.90. The molecule has 0 aromatic carbocycles. The molecule has 1 atom stereocenters. The summed E-state index contributed by atoms with van der Waals surface area (Å²) in [5.74, 6) is -0.350. The summed E-state index contributed by atoms with van der Waals surface area (Å²) >= 11 is 0. The van der Waals surface area contributed by atoms with Gasteiger partial charge in [0.25, 0.3) is 0 Å². The van der Waals surface area contributed by atoms with Crippen LogP contribution in [0, 0.1) is 5.92 Å². The van der Waals surface area contributed by atoms with Gasteiger partial charge in [0.1, 0.15) is 0 Å². The Morgan fingerprint density at radius 2 is 2.12 bits per heavy atom. The van der Waals surface area contributed by atoms with Crippen molar-refractivity contribution < 1.29 is 14.7 Å². The zero-order chi connectivity index (χ0) is 12.1. The molecule has 4 nitrogen and oxygen atoms in total. The Morgan fingerprint density at radius 3 is 2.69 bits per heavy atom. The molecule has 0 aliphatic carbocycles. The van der Waals surface area contributed by atoms with Crippen LogP contribution in [-0.4, -0.2) is 35.0 Å². The average molecular weight is 225 g/mol. The van der Waals surface area contributed by atoms with Gasteiger partial charge >= 0.3 is 5.97 Å². The van der Waals surface area contributed by atoms with E-state index in [4.69, 9.17) is 5.11 Å². The summed E-state index contributed by atoms with van der Waals surface area (Å²) in [5.41, 5.74) is 0.999. The quantitative estimate of drug-likeness (QED) is 0.740. The number of hydrogen-bond acceptors (Lipinski definition) is 2. The lowest BCUT2D eigenvalue weighted by Crippen LogP contribution is -2.27. The van der Waals surface area contributed by atoms with Gasteiger partial charge in [-0.3, -0.25) is 9.59 Å². The van der Waals surface area contributed by atoms with Gasteiger partial charge in [0.2, 0.25) is 5.91 Å². The van der Waals surface area contributed by atoms with Gasteiger partial charge in [-0.1, -0.05) is 5.57 Å². The Balaban J connectivity index is 2.37. The molecule has 1 N–H and O–H groups in total. The van der Waals surface area contributed by atoms with Crippen molar-refractivity contribution in [3.8, 4) is 0 Å². The molecule has 1 saturated heterocycles. The second kappa shape index (κ2) is 5.68. The highest BCUT2D eigenvalue weighted by atomic mass is 16.4. The van der Waals surface area contributed by atoms with Crippen LogP contribution in [0.25, 0.3) is 0 Å². The summed E-state index contributed by atoms with van der Waals surface area (Å²) in [4.78, 5) is 23.9. The molecule has 4 heteroatoms. The lowest BCUT2D eigenvalue weighted by atomic mass is 10.0. The third kappa shape index (κ3) is 4.04. The highest BCUT2D eigenvalue weighted by Gasteiger charge is 2.25. The van der Waals surface area contributed by atoms with E-state index in [1.807, 2.05) is 13.8 Å². The minimum Gasteiger partial charge on any atom is -0.481 e. The third-order valence-electron chi connectivity index (χ3n) is 2.78. The Hall–Kier alpha value is -1.32. The van der Waals surface area contributed by atoms with E-state index in [1.165, 1.54) is 0 Å². The van der Waals surface area contributed by atoms with E-state index in [0.717, 1.165) is 18.5 Å². The Bertz CT molecular complexity index is 305. The molecule has 1 aliphatic heterocycles. The molecule has 0 aromatic heterocycles. The van der Waals surface area contributed by atoms with E-state index in [2.05, 4.69) is 0 Å². The van der Waals surface area contributed by atoms with Crippen molar-refractivity contribution in [3.05, 3.63) is 11.6 Å². The Kier molecular flexibility index (Phi) is 4.52. The number of nitrogens with zero attached hydrogens (tertiary/aromatic N) is 1. The molecule has 0 aromatic rings. The molecule has 1 heterocycles. The average Bonchev–Trinajstić information content (AvgIpc) is 2.61. The minimum absolute atomic E-state index is 0.0535. The second-order valence-electron chi connectivity index (χ2n) is 4.59. The molecule has 1 rings (SSSR count). The number of allylic oxidation sites excluding steroid dienone is 1. The maximum atomic E-state index is 11.7. The van der Waals surface area contributed by atoms with Gasteiger partial charge in [-0.2, -0.15) is 0 Å². The summed E-state index contributed by atoms with van der Waals surface area (Å²) < 4.78 is 0. The molecule has 0 saturated carbocycles. The zero-order valence-corrected chi connectivity index (χ0v) is 9.90. The summed E-state index contributed by atoms with van der Waals surface area (Å²) in [5, 5.41) is 8.58. The number of carbonyl (C=O) groups is 2. The number of carboxylic acids is 1. The maximum Gasteiger partial charge on any atom is 0.303 e. The number of likely N-dealkylation sites (tertiary alicyclic amines) is 1. The molecule has 0 bridgehead atoms. The molecule has 90 valence electrons. The van der Waals surface area contributed by atoms with Crippen LogP contribution in [0.4, 0.5) is 0 Å². The van der Waals surface area contributed by atoms with Gasteiger partial charge in [0.05, 0.1) is 0 Å². The number of carbonyl (C=O) groups excluding carboxylic acids is 1. The van der Waals surface area contributed by atoms with Gasteiger partial charge in [-0.15, -0.1) is 0 Å². The van der Waals surface area contributed by atoms with Crippen LogP contribution in [0.2, 0.25) is 0 Å². The van der Waals surface area contributed by atoms with E-state index >= 15 is 0 Å². The van der Waals surface area contributed by atoms with Crippen molar-refractivity contribution in [1.29, 1.82) is 0 Å². The predicted octanol–water partition coefficient (Wildman–Crippen LogP) is 1.67. The number of amides is 1. The van der Waals surface area contributed by atoms with Crippen molar-refractivity contribution in [2.75, 3.05) is 13.1 Å². The van der Waals surface area contributed by atoms with Crippen LogP contribution in [0.5, 0.6) is 0 Å². The topological polar surface area (TPSA) is 57.6 Å². The van der Waals surface area contributed by atoms with Gasteiger partial charge < -0.3 is 10.0 Å². The molecule has 1 amide bonds. The summed E-state index contributed by atoms with van der Waals surface area (Å²) in [6.07, 6.45) is 3.44. The van der Waals surface area contributed by atoms with Crippen LogP contribution in [0.15, 0.2) is 11.6 Å². The molecular formula is C12H19NO3. The van der Waals surface area contributed by atoms with Crippen molar-refractivity contribution in [2.24, 2.45) is 5.92 Å². The van der Waals surface area contributed by atoms with Crippen molar-refractivity contribution >= 4 is 11.9 Å². The first-order valence-corrected chi connectivity index (χ1v) is 5.64. The van der Waals surface area contributed by atoms with E-state index in [9.17, 15) is 9.59 Å². The number of hydrogen-bond donors (Lipinski definition) is 1. The largest absolute Gasteiger partial charge is 0.481 e. The third-order valence-corrected chi connectivity index (χ3v) is 2.78. The summed E-state index contributed by atoms with van der Waals surface area (Å²) in [7, 11) is 0. The monoisotopic (exact) mass is 225 g/mol. The molecule has 1 fully saturated rings. The van der Waals surface area contributed by atoms with Crippen LogP contribution >= 0.6 is 0 Å². The molecule has 0 spiro atoms. The van der Waals surface area contributed by atoms with Crippen LogP contribution in [0.1, 0.15) is 33.1 Å². The highest BCUT2D eigenvalue weighted by Crippen LogP contribution is 2.21. The number of carboxylic acid groups (broad SMARTS) is 1. The second-order valence-corrected chi connectivity index (χ2v) is 4.59. The van der Waals surface area contributed by atoms with Gasteiger partial charge in [0.15, 0.2) is 0 Å². The van der Waals surface area contributed by atoms with Crippen LogP contribution < -0.4 is 0 Å². The molecule has 1 unspecified atom stereocenters. The molecular weight excluding hydrogens is 206 g/mol. The van der Waals surface area contributed by atoms with Crippen molar-refractivity contribution in [2.45, 2.75) is 33.1 Å². The lowest BCUT2D eigenvalue weighted by molar-refractivity contribution is -0.137. The maximum absolute atomic E-state index is 11.7. The fourth-order valence-corrected chi connectivity index (χ4v) is 1.93. The molecule has 16 heavy (non-hydrogen) atoms. The number of aliphatic carboxylic acids is 1. The molecule has 1 aliphatic rings. The normalized spacial score (nSPS) is 19.6. The lowest BCUT2D eigenvalue weighted by Gasteiger charge is -2.14. The Morgan fingerprint density at radius 1 is 1.44 bits per heavy atom. The van der Waals surface area contributed by atoms with Crippen molar-refractivity contribution in [1.82, 2.24) is 4.90 Å². The first-order chi connectivity index (χ1) is 7.49. The SMILES string of the molecule is CC(C)=CC(=O)N1CCC(CCC(=O)O)C1. The minimum atomic E-state index is -0.755. The van der Waals surface area contributed by atoms with Gasteiger partial charge in [0, 0.05) is 25.6 Å². The van der Waals surface area contributed by atoms with E-state index in [-0.39, 0.29) is 12.3 Å². The predicted molar refractivity (Wildman–Crippen MR) is 61.0 cm³/mol. The van der Waals surface area contributed by atoms with Crippen LogP contribution in [-0.2, 0) is 9.59 Å². The first kappa shape index (κ1) is 12.7.